The standard InChI is InChI=1S/C13H23NO/c1-10-4-3-5-11(2)12(10)8-14-13(9-15)6-7-13/h4,11-12,14-15H,3,5-9H2,1-2H3/t11-,12+/m0/s1. The van der Waals surface area contributed by atoms with Gasteiger partial charge < -0.3 is 10.4 Å². The van der Waals surface area contributed by atoms with Crippen LogP contribution in [0.1, 0.15) is 39.5 Å². The Bertz CT molecular complexity index is 255. The van der Waals surface area contributed by atoms with Crippen molar-refractivity contribution in [2.45, 2.75) is 45.1 Å². The first-order chi connectivity index (χ1) is 7.17. The molecule has 0 aromatic rings. The predicted octanol–water partition coefficient (Wildman–Crippen LogP) is 2.09. The highest BCUT2D eigenvalue weighted by molar-refractivity contribution is 5.11. The average Bonchev–Trinajstić information content (AvgIpc) is 2.98. The molecule has 0 aliphatic heterocycles. The van der Waals surface area contributed by atoms with Crippen molar-refractivity contribution in [3.63, 3.8) is 0 Å². The molecule has 0 amide bonds. The van der Waals surface area contributed by atoms with E-state index in [0.29, 0.717) is 12.5 Å². The summed E-state index contributed by atoms with van der Waals surface area (Å²) in [5.74, 6) is 1.47. The second-order valence-corrected chi connectivity index (χ2v) is 5.43. The van der Waals surface area contributed by atoms with Crippen LogP contribution < -0.4 is 5.32 Å². The number of hydrogen-bond donors (Lipinski definition) is 2. The highest BCUT2D eigenvalue weighted by atomic mass is 16.3. The SMILES string of the molecule is CC1=CCC[C@H](C)[C@@H]1CNC1(CO)CC1. The fourth-order valence-electron chi connectivity index (χ4n) is 2.61. The molecule has 0 aromatic carbocycles. The number of hydrogen-bond acceptors (Lipinski definition) is 2. The molecule has 1 fully saturated rings. The van der Waals surface area contributed by atoms with Crippen molar-refractivity contribution in [1.29, 1.82) is 0 Å². The average molecular weight is 209 g/mol. The van der Waals surface area contributed by atoms with Gasteiger partial charge in [0.15, 0.2) is 0 Å². The highest BCUT2D eigenvalue weighted by Crippen LogP contribution is 2.36. The van der Waals surface area contributed by atoms with Crippen LogP contribution in [0.25, 0.3) is 0 Å². The zero-order valence-corrected chi connectivity index (χ0v) is 9.92. The number of aliphatic hydroxyl groups is 1. The van der Waals surface area contributed by atoms with E-state index in [1.165, 1.54) is 18.4 Å². The Morgan fingerprint density at radius 3 is 2.80 bits per heavy atom. The molecule has 0 saturated heterocycles. The van der Waals surface area contributed by atoms with Crippen LogP contribution in [0.5, 0.6) is 0 Å². The molecule has 2 rings (SSSR count). The summed E-state index contributed by atoms with van der Waals surface area (Å²) in [5, 5.41) is 12.8. The zero-order valence-electron chi connectivity index (χ0n) is 9.92. The minimum Gasteiger partial charge on any atom is -0.394 e. The van der Waals surface area contributed by atoms with E-state index < -0.39 is 0 Å². The van der Waals surface area contributed by atoms with Gasteiger partial charge in [0, 0.05) is 12.1 Å². The molecule has 86 valence electrons. The van der Waals surface area contributed by atoms with E-state index in [-0.39, 0.29) is 5.54 Å². The molecular weight excluding hydrogens is 186 g/mol. The van der Waals surface area contributed by atoms with E-state index >= 15 is 0 Å². The summed E-state index contributed by atoms with van der Waals surface area (Å²) in [5.41, 5.74) is 1.63. The highest BCUT2D eigenvalue weighted by Gasteiger charge is 2.42. The summed E-state index contributed by atoms with van der Waals surface area (Å²) >= 11 is 0. The van der Waals surface area contributed by atoms with Crippen molar-refractivity contribution in [3.8, 4) is 0 Å². The normalized spacial score (nSPS) is 33.7. The summed E-state index contributed by atoms with van der Waals surface area (Å²) in [6.45, 7) is 5.95. The smallest absolute Gasteiger partial charge is 0.0613 e. The van der Waals surface area contributed by atoms with Crippen molar-refractivity contribution in [1.82, 2.24) is 5.32 Å². The van der Waals surface area contributed by atoms with Crippen LogP contribution >= 0.6 is 0 Å². The van der Waals surface area contributed by atoms with Gasteiger partial charge in [0.2, 0.25) is 0 Å². The Hall–Kier alpha value is -0.340. The molecule has 0 aromatic heterocycles. The second-order valence-electron chi connectivity index (χ2n) is 5.43. The number of rotatable bonds is 4. The Kier molecular flexibility index (Phi) is 3.17. The van der Waals surface area contributed by atoms with Crippen molar-refractivity contribution >= 4 is 0 Å². The lowest BCUT2D eigenvalue weighted by atomic mass is 9.80. The van der Waals surface area contributed by atoms with Crippen LogP contribution in [-0.2, 0) is 0 Å². The predicted molar refractivity (Wildman–Crippen MR) is 62.7 cm³/mol. The fraction of sp³-hybridized carbons (Fsp3) is 0.846. The van der Waals surface area contributed by atoms with Crippen molar-refractivity contribution < 1.29 is 5.11 Å². The van der Waals surface area contributed by atoms with Crippen LogP contribution in [0.4, 0.5) is 0 Å². The molecule has 2 aliphatic rings. The molecule has 2 N–H and O–H groups in total. The molecule has 15 heavy (non-hydrogen) atoms. The van der Waals surface area contributed by atoms with Gasteiger partial charge in [-0.15, -0.1) is 0 Å². The fourth-order valence-corrected chi connectivity index (χ4v) is 2.61. The van der Waals surface area contributed by atoms with Crippen LogP contribution in [0.15, 0.2) is 11.6 Å². The minimum atomic E-state index is 0.0947. The number of allylic oxidation sites excluding steroid dienone is 1. The maximum absolute atomic E-state index is 9.24. The van der Waals surface area contributed by atoms with E-state index in [0.717, 1.165) is 25.3 Å². The summed E-state index contributed by atoms with van der Waals surface area (Å²) in [7, 11) is 0. The molecule has 2 heteroatoms. The Labute approximate surface area is 92.8 Å². The maximum atomic E-state index is 9.24. The van der Waals surface area contributed by atoms with Gasteiger partial charge in [0.25, 0.3) is 0 Å². The molecular formula is C13H23NO. The van der Waals surface area contributed by atoms with Crippen molar-refractivity contribution in [2.24, 2.45) is 11.8 Å². The Morgan fingerprint density at radius 2 is 2.27 bits per heavy atom. The van der Waals surface area contributed by atoms with Gasteiger partial charge in [-0.1, -0.05) is 18.6 Å². The largest absolute Gasteiger partial charge is 0.394 e. The number of nitrogens with one attached hydrogen (secondary N) is 1. The van der Waals surface area contributed by atoms with Gasteiger partial charge in [-0.25, -0.2) is 0 Å². The Balaban J connectivity index is 1.87. The third-order valence-corrected chi connectivity index (χ3v) is 4.21. The van der Waals surface area contributed by atoms with E-state index in [1.807, 2.05) is 0 Å². The van der Waals surface area contributed by atoms with Crippen LogP contribution in [0, 0.1) is 11.8 Å². The number of aliphatic hydroxyl groups excluding tert-OH is 1. The quantitative estimate of drug-likeness (QED) is 0.695. The van der Waals surface area contributed by atoms with Crippen LogP contribution in [-0.4, -0.2) is 23.8 Å². The summed E-state index contributed by atoms with van der Waals surface area (Å²) < 4.78 is 0. The van der Waals surface area contributed by atoms with Gasteiger partial charge >= 0.3 is 0 Å². The van der Waals surface area contributed by atoms with E-state index in [9.17, 15) is 5.11 Å². The van der Waals surface area contributed by atoms with E-state index in [1.54, 1.807) is 0 Å². The first-order valence-corrected chi connectivity index (χ1v) is 6.19. The molecule has 1 saturated carbocycles. The molecule has 2 atom stereocenters. The third-order valence-electron chi connectivity index (χ3n) is 4.21. The molecule has 0 spiro atoms. The van der Waals surface area contributed by atoms with E-state index in [2.05, 4.69) is 25.2 Å². The van der Waals surface area contributed by atoms with Gasteiger partial charge in [-0.05, 0) is 44.4 Å². The zero-order chi connectivity index (χ0) is 10.9. The first kappa shape index (κ1) is 11.2. The molecule has 2 nitrogen and oxygen atoms in total. The monoisotopic (exact) mass is 209 g/mol. The van der Waals surface area contributed by atoms with Gasteiger partial charge in [-0.2, -0.15) is 0 Å². The van der Waals surface area contributed by atoms with Gasteiger partial charge in [-0.3, -0.25) is 0 Å². The van der Waals surface area contributed by atoms with E-state index in [4.69, 9.17) is 0 Å². The first-order valence-electron chi connectivity index (χ1n) is 6.19. The molecule has 0 bridgehead atoms. The van der Waals surface area contributed by atoms with Crippen molar-refractivity contribution in [2.75, 3.05) is 13.2 Å². The lowest BCUT2D eigenvalue weighted by molar-refractivity contribution is 0.219. The topological polar surface area (TPSA) is 32.3 Å². The molecule has 0 radical (unpaired) electrons. The second kappa shape index (κ2) is 4.26. The lowest BCUT2D eigenvalue weighted by Gasteiger charge is -2.30. The van der Waals surface area contributed by atoms with Gasteiger partial charge in [0.05, 0.1) is 6.61 Å². The molecule has 2 aliphatic carbocycles. The maximum Gasteiger partial charge on any atom is 0.0613 e. The van der Waals surface area contributed by atoms with Crippen LogP contribution in [0.2, 0.25) is 0 Å². The van der Waals surface area contributed by atoms with Crippen LogP contribution in [0.3, 0.4) is 0 Å². The van der Waals surface area contributed by atoms with Gasteiger partial charge in [0.1, 0.15) is 0 Å². The molecule has 0 heterocycles. The summed E-state index contributed by atoms with van der Waals surface area (Å²) in [6, 6.07) is 0. The molecule has 0 unspecified atom stereocenters. The summed E-state index contributed by atoms with van der Waals surface area (Å²) in [4.78, 5) is 0. The minimum absolute atomic E-state index is 0.0947. The Morgan fingerprint density at radius 1 is 1.53 bits per heavy atom. The third kappa shape index (κ3) is 2.43. The van der Waals surface area contributed by atoms with Crippen molar-refractivity contribution in [3.05, 3.63) is 11.6 Å². The lowest BCUT2D eigenvalue weighted by Crippen LogP contribution is -2.40. The summed E-state index contributed by atoms with van der Waals surface area (Å²) in [6.07, 6.45) is 7.23.